The third-order valence-electron chi connectivity index (χ3n) is 3.23. The number of nitrogens with zero attached hydrogens (tertiary/aromatic N) is 1. The van der Waals surface area contributed by atoms with Gasteiger partial charge in [-0.1, -0.05) is 32.9 Å². The summed E-state index contributed by atoms with van der Waals surface area (Å²) in [5, 5.41) is 0. The van der Waals surface area contributed by atoms with Crippen LogP contribution in [0, 0.1) is 13.8 Å². The molecule has 0 saturated carbocycles. The number of hydrogen-bond acceptors (Lipinski definition) is 2. The molecule has 0 aliphatic heterocycles. The summed E-state index contributed by atoms with van der Waals surface area (Å²) in [5.41, 5.74) is 3.86. The average molecular weight is 258 g/mol. The minimum Gasteiger partial charge on any atom is -0.485 e. The first-order valence-electron chi connectivity index (χ1n) is 6.60. The molecule has 0 radical (unpaired) electrons. The number of imidazole rings is 1. The zero-order valence-corrected chi connectivity index (χ0v) is 12.4. The highest BCUT2D eigenvalue weighted by molar-refractivity contribution is 5.45. The van der Waals surface area contributed by atoms with E-state index in [1.807, 2.05) is 0 Å². The number of H-pyrrole nitrogens is 1. The number of nitrogens with one attached hydrogen (secondary N) is 1. The van der Waals surface area contributed by atoms with Gasteiger partial charge in [0, 0.05) is 12.4 Å². The molecule has 3 heteroatoms. The minimum atomic E-state index is 0.162. The second-order valence-corrected chi connectivity index (χ2v) is 6.01. The Morgan fingerprint density at radius 3 is 2.26 bits per heavy atom. The average Bonchev–Trinajstić information content (AvgIpc) is 2.79. The molecule has 0 amide bonds. The van der Waals surface area contributed by atoms with Crippen LogP contribution in [0.1, 0.15) is 43.3 Å². The Balaban J connectivity index is 2.22. The van der Waals surface area contributed by atoms with Gasteiger partial charge in [0.25, 0.3) is 0 Å². The van der Waals surface area contributed by atoms with Crippen molar-refractivity contribution in [2.75, 3.05) is 0 Å². The van der Waals surface area contributed by atoms with Gasteiger partial charge in [-0.2, -0.15) is 0 Å². The molecule has 0 aliphatic carbocycles. The van der Waals surface area contributed by atoms with Crippen LogP contribution < -0.4 is 4.74 Å². The highest BCUT2D eigenvalue weighted by atomic mass is 16.5. The van der Waals surface area contributed by atoms with E-state index in [-0.39, 0.29) is 5.41 Å². The Kier molecular flexibility index (Phi) is 3.65. The zero-order chi connectivity index (χ0) is 14.0. The van der Waals surface area contributed by atoms with Gasteiger partial charge in [0.05, 0.1) is 0 Å². The van der Waals surface area contributed by atoms with E-state index in [4.69, 9.17) is 4.74 Å². The van der Waals surface area contributed by atoms with Gasteiger partial charge in [-0.15, -0.1) is 0 Å². The van der Waals surface area contributed by atoms with Gasteiger partial charge in [-0.3, -0.25) is 0 Å². The van der Waals surface area contributed by atoms with Crippen molar-refractivity contribution in [1.82, 2.24) is 9.97 Å². The number of aryl methyl sites for hydroxylation is 2. The maximum Gasteiger partial charge on any atom is 0.146 e. The second kappa shape index (κ2) is 5.08. The van der Waals surface area contributed by atoms with Crippen LogP contribution in [0.5, 0.6) is 5.75 Å². The first kappa shape index (κ1) is 13.7. The smallest absolute Gasteiger partial charge is 0.146 e. The van der Waals surface area contributed by atoms with Gasteiger partial charge in [-0.25, -0.2) is 4.98 Å². The summed E-state index contributed by atoms with van der Waals surface area (Å²) in [7, 11) is 0. The fraction of sp³-hybridized carbons (Fsp3) is 0.438. The van der Waals surface area contributed by atoms with E-state index >= 15 is 0 Å². The monoisotopic (exact) mass is 258 g/mol. The normalized spacial score (nSPS) is 11.6. The lowest BCUT2D eigenvalue weighted by Gasteiger charge is -2.22. The fourth-order valence-electron chi connectivity index (χ4n) is 2.13. The zero-order valence-electron chi connectivity index (χ0n) is 12.4. The summed E-state index contributed by atoms with van der Waals surface area (Å²) in [6, 6.07) is 4.43. The van der Waals surface area contributed by atoms with Gasteiger partial charge in [0.1, 0.15) is 18.2 Å². The lowest BCUT2D eigenvalue weighted by molar-refractivity contribution is 0.293. The molecule has 0 spiro atoms. The maximum absolute atomic E-state index is 5.89. The quantitative estimate of drug-likeness (QED) is 0.906. The molecule has 0 aliphatic rings. The van der Waals surface area contributed by atoms with E-state index in [9.17, 15) is 0 Å². The van der Waals surface area contributed by atoms with Crippen LogP contribution in [0.3, 0.4) is 0 Å². The SMILES string of the molecule is Cc1cc(C(C)(C)C)cc(C)c1OCc1ncc[nH]1. The summed E-state index contributed by atoms with van der Waals surface area (Å²) >= 11 is 0. The molecule has 0 atom stereocenters. The van der Waals surface area contributed by atoms with Gasteiger partial charge in [0.15, 0.2) is 0 Å². The van der Waals surface area contributed by atoms with E-state index in [1.165, 1.54) is 16.7 Å². The predicted molar refractivity (Wildman–Crippen MR) is 77.5 cm³/mol. The number of ether oxygens (including phenoxy) is 1. The Bertz CT molecular complexity index is 528. The molecule has 0 saturated heterocycles. The van der Waals surface area contributed by atoms with Gasteiger partial charge < -0.3 is 9.72 Å². The van der Waals surface area contributed by atoms with Gasteiger partial charge in [-0.05, 0) is 36.0 Å². The summed E-state index contributed by atoms with van der Waals surface area (Å²) in [6.45, 7) is 11.3. The van der Waals surface area contributed by atoms with Crippen LogP contribution in [-0.4, -0.2) is 9.97 Å². The number of aromatic amines is 1. The van der Waals surface area contributed by atoms with Crippen LogP contribution in [0.15, 0.2) is 24.5 Å². The molecule has 0 fully saturated rings. The summed E-state index contributed by atoms with van der Waals surface area (Å²) < 4.78 is 5.89. The number of aromatic nitrogens is 2. The molecule has 19 heavy (non-hydrogen) atoms. The third-order valence-corrected chi connectivity index (χ3v) is 3.23. The molecular weight excluding hydrogens is 236 g/mol. The van der Waals surface area contributed by atoms with Crippen LogP contribution in [0.25, 0.3) is 0 Å². The van der Waals surface area contributed by atoms with Crippen molar-refractivity contribution in [3.05, 3.63) is 47.0 Å². The first-order chi connectivity index (χ1) is 8.88. The van der Waals surface area contributed by atoms with Crippen LogP contribution >= 0.6 is 0 Å². The van der Waals surface area contributed by atoms with Crippen molar-refractivity contribution in [3.8, 4) is 5.75 Å². The Morgan fingerprint density at radius 1 is 1.16 bits per heavy atom. The van der Waals surface area contributed by atoms with E-state index in [2.05, 4.69) is 56.7 Å². The number of rotatable bonds is 3. The van der Waals surface area contributed by atoms with Gasteiger partial charge in [0.2, 0.25) is 0 Å². The van der Waals surface area contributed by atoms with Crippen molar-refractivity contribution < 1.29 is 4.74 Å². The molecule has 0 bridgehead atoms. The lowest BCUT2D eigenvalue weighted by Crippen LogP contribution is -2.12. The van der Waals surface area contributed by atoms with Crippen molar-refractivity contribution >= 4 is 0 Å². The molecule has 1 N–H and O–H groups in total. The standard InChI is InChI=1S/C16H22N2O/c1-11-8-13(16(3,4)5)9-12(2)15(11)19-10-14-17-6-7-18-14/h6-9H,10H2,1-5H3,(H,17,18). The Morgan fingerprint density at radius 2 is 1.79 bits per heavy atom. The summed E-state index contributed by atoms with van der Waals surface area (Å²) in [4.78, 5) is 7.21. The molecule has 1 aromatic carbocycles. The van der Waals surface area contributed by atoms with Crippen molar-refractivity contribution in [2.45, 2.75) is 46.6 Å². The van der Waals surface area contributed by atoms with Crippen LogP contribution in [-0.2, 0) is 12.0 Å². The second-order valence-electron chi connectivity index (χ2n) is 6.01. The highest BCUT2D eigenvalue weighted by Crippen LogP contribution is 2.31. The molecule has 0 unspecified atom stereocenters. The summed E-state index contributed by atoms with van der Waals surface area (Å²) in [6.07, 6.45) is 3.54. The number of benzene rings is 1. The number of hydrogen-bond donors (Lipinski definition) is 1. The molecule has 2 aromatic rings. The highest BCUT2D eigenvalue weighted by Gasteiger charge is 2.16. The lowest BCUT2D eigenvalue weighted by atomic mass is 9.85. The van der Waals surface area contributed by atoms with Gasteiger partial charge >= 0.3 is 0 Å². The van der Waals surface area contributed by atoms with Crippen LogP contribution in [0.2, 0.25) is 0 Å². The van der Waals surface area contributed by atoms with E-state index in [0.29, 0.717) is 6.61 Å². The molecule has 2 rings (SSSR count). The topological polar surface area (TPSA) is 37.9 Å². The maximum atomic E-state index is 5.89. The van der Waals surface area contributed by atoms with E-state index in [0.717, 1.165) is 11.6 Å². The largest absolute Gasteiger partial charge is 0.485 e. The molecular formula is C16H22N2O. The van der Waals surface area contributed by atoms with E-state index < -0.39 is 0 Å². The first-order valence-corrected chi connectivity index (χ1v) is 6.60. The molecule has 3 nitrogen and oxygen atoms in total. The Hall–Kier alpha value is -1.77. The third kappa shape index (κ3) is 3.16. The summed E-state index contributed by atoms with van der Waals surface area (Å²) in [5.74, 6) is 1.81. The van der Waals surface area contributed by atoms with Crippen molar-refractivity contribution in [1.29, 1.82) is 0 Å². The fourth-order valence-corrected chi connectivity index (χ4v) is 2.13. The minimum absolute atomic E-state index is 0.162. The van der Waals surface area contributed by atoms with E-state index in [1.54, 1.807) is 12.4 Å². The van der Waals surface area contributed by atoms with Crippen molar-refractivity contribution in [3.63, 3.8) is 0 Å². The molecule has 102 valence electrons. The Labute approximate surface area is 115 Å². The van der Waals surface area contributed by atoms with Crippen LogP contribution in [0.4, 0.5) is 0 Å². The van der Waals surface area contributed by atoms with Crippen molar-refractivity contribution in [2.24, 2.45) is 0 Å². The predicted octanol–water partition coefficient (Wildman–Crippen LogP) is 3.90. The molecule has 1 heterocycles. The molecule has 1 aromatic heterocycles.